The third-order valence-electron chi connectivity index (χ3n) is 3.59. The largest absolute Gasteiger partial charge is 0.494 e. The molecule has 0 unspecified atom stereocenters. The number of anilines is 1. The molecule has 0 spiro atoms. The van der Waals surface area contributed by atoms with Crippen LogP contribution < -0.4 is 10.1 Å². The van der Waals surface area contributed by atoms with Crippen molar-refractivity contribution in [3.05, 3.63) is 18.2 Å². The van der Waals surface area contributed by atoms with Crippen LogP contribution in [0.25, 0.3) is 10.2 Å². The molecule has 1 aromatic heterocycles. The Kier molecular flexibility index (Phi) is 4.26. The summed E-state index contributed by atoms with van der Waals surface area (Å²) >= 11 is 1.37. The molecule has 0 saturated carbocycles. The highest BCUT2D eigenvalue weighted by Crippen LogP contribution is 2.30. The lowest BCUT2D eigenvalue weighted by molar-refractivity contribution is -0.122. The van der Waals surface area contributed by atoms with Gasteiger partial charge in [0.2, 0.25) is 15.9 Å². The summed E-state index contributed by atoms with van der Waals surface area (Å²) in [6.07, 6.45) is 1.14. The van der Waals surface area contributed by atoms with Crippen LogP contribution >= 0.6 is 11.3 Å². The van der Waals surface area contributed by atoms with E-state index in [9.17, 15) is 13.2 Å². The van der Waals surface area contributed by atoms with E-state index in [2.05, 4.69) is 10.3 Å². The van der Waals surface area contributed by atoms with Gasteiger partial charge in [0.05, 0.1) is 29.0 Å². The first-order chi connectivity index (χ1) is 10.9. The third kappa shape index (κ3) is 3.46. The van der Waals surface area contributed by atoms with E-state index in [1.165, 1.54) is 15.6 Å². The number of aromatic nitrogens is 1. The number of sulfonamides is 1. The Morgan fingerprint density at radius 3 is 2.87 bits per heavy atom. The van der Waals surface area contributed by atoms with Crippen molar-refractivity contribution in [3.63, 3.8) is 0 Å². The van der Waals surface area contributed by atoms with Gasteiger partial charge in [-0.05, 0) is 25.1 Å². The zero-order chi connectivity index (χ0) is 16.6. The first-order valence-corrected chi connectivity index (χ1v) is 9.82. The van der Waals surface area contributed by atoms with Gasteiger partial charge in [-0.15, -0.1) is 0 Å². The lowest BCUT2D eigenvalue weighted by atomic mass is 10.0. The van der Waals surface area contributed by atoms with Crippen molar-refractivity contribution in [2.24, 2.45) is 5.92 Å². The Morgan fingerprint density at radius 1 is 1.48 bits per heavy atom. The van der Waals surface area contributed by atoms with E-state index in [-0.39, 0.29) is 24.9 Å². The average molecular weight is 355 g/mol. The molecule has 2 aromatic rings. The molecule has 0 radical (unpaired) electrons. The number of carbonyl (C=O) groups is 1. The van der Waals surface area contributed by atoms with E-state index in [1.54, 1.807) is 0 Å². The Hall–Kier alpha value is -1.71. The molecule has 124 valence electrons. The standard InChI is InChI=1S/C14H17N3O4S2/c1-3-21-10-4-5-11-12(6-10)22-14(15-11)16-13(18)9-7-17(8-9)23(2,19)20/h4-6,9H,3,7-8H2,1-2H3,(H,15,16,18). The molecular weight excluding hydrogens is 338 g/mol. The highest BCUT2D eigenvalue weighted by Gasteiger charge is 2.37. The number of fused-ring (bicyclic) bond motifs is 1. The predicted molar refractivity (Wildman–Crippen MR) is 89.3 cm³/mol. The van der Waals surface area contributed by atoms with E-state index >= 15 is 0 Å². The minimum Gasteiger partial charge on any atom is -0.494 e. The number of ether oxygens (including phenoxy) is 1. The van der Waals surface area contributed by atoms with Crippen LogP contribution in [0.1, 0.15) is 6.92 Å². The van der Waals surface area contributed by atoms with E-state index in [0.717, 1.165) is 22.2 Å². The summed E-state index contributed by atoms with van der Waals surface area (Å²) in [5, 5.41) is 3.27. The monoisotopic (exact) mass is 355 g/mol. The van der Waals surface area contributed by atoms with Gasteiger partial charge in [0.25, 0.3) is 0 Å². The average Bonchev–Trinajstić information content (AvgIpc) is 2.76. The number of rotatable bonds is 5. The van der Waals surface area contributed by atoms with Gasteiger partial charge >= 0.3 is 0 Å². The molecule has 0 bridgehead atoms. The first-order valence-electron chi connectivity index (χ1n) is 7.16. The summed E-state index contributed by atoms with van der Waals surface area (Å²) in [6, 6.07) is 5.58. The van der Waals surface area contributed by atoms with E-state index < -0.39 is 10.0 Å². The van der Waals surface area contributed by atoms with Crippen molar-refractivity contribution < 1.29 is 17.9 Å². The summed E-state index contributed by atoms with van der Waals surface area (Å²) in [5.41, 5.74) is 0.792. The van der Waals surface area contributed by atoms with Gasteiger partial charge in [-0.25, -0.2) is 17.7 Å². The summed E-state index contributed by atoms with van der Waals surface area (Å²) in [6.45, 7) is 2.96. The van der Waals surface area contributed by atoms with Crippen molar-refractivity contribution in [2.75, 3.05) is 31.3 Å². The van der Waals surface area contributed by atoms with Gasteiger partial charge in [-0.3, -0.25) is 4.79 Å². The number of nitrogens with one attached hydrogen (secondary N) is 1. The second-order valence-corrected chi connectivity index (χ2v) is 8.36. The Labute approximate surface area is 138 Å². The maximum Gasteiger partial charge on any atom is 0.231 e. The molecule has 3 rings (SSSR count). The topological polar surface area (TPSA) is 88.6 Å². The number of nitrogens with zero attached hydrogens (tertiary/aromatic N) is 2. The molecule has 1 aromatic carbocycles. The Morgan fingerprint density at radius 2 is 2.22 bits per heavy atom. The molecule has 7 nitrogen and oxygen atoms in total. The van der Waals surface area contributed by atoms with E-state index in [4.69, 9.17) is 4.74 Å². The summed E-state index contributed by atoms with van der Waals surface area (Å²) in [5.74, 6) is 0.244. The van der Waals surface area contributed by atoms with Crippen LogP contribution in [-0.2, 0) is 14.8 Å². The van der Waals surface area contributed by atoms with Gasteiger partial charge in [0.1, 0.15) is 5.75 Å². The van der Waals surface area contributed by atoms with Crippen LogP contribution in [0.3, 0.4) is 0 Å². The smallest absolute Gasteiger partial charge is 0.231 e. The molecule has 1 fully saturated rings. The zero-order valence-corrected chi connectivity index (χ0v) is 14.4. The number of hydrogen-bond acceptors (Lipinski definition) is 6. The maximum absolute atomic E-state index is 12.1. The summed E-state index contributed by atoms with van der Waals surface area (Å²) in [4.78, 5) is 16.5. The minimum atomic E-state index is -3.21. The fourth-order valence-electron chi connectivity index (χ4n) is 2.30. The molecule has 1 aliphatic heterocycles. The van der Waals surface area contributed by atoms with Gasteiger partial charge in [-0.1, -0.05) is 11.3 Å². The number of hydrogen-bond donors (Lipinski definition) is 1. The number of thiazole rings is 1. The molecule has 0 aliphatic carbocycles. The third-order valence-corrected chi connectivity index (χ3v) is 5.76. The zero-order valence-electron chi connectivity index (χ0n) is 12.8. The quantitative estimate of drug-likeness (QED) is 0.878. The lowest BCUT2D eigenvalue weighted by Crippen LogP contribution is -2.53. The van der Waals surface area contributed by atoms with Crippen molar-refractivity contribution in [1.82, 2.24) is 9.29 Å². The van der Waals surface area contributed by atoms with Gasteiger partial charge in [0.15, 0.2) is 5.13 Å². The maximum atomic E-state index is 12.1. The van der Waals surface area contributed by atoms with Crippen LogP contribution in [0.4, 0.5) is 5.13 Å². The van der Waals surface area contributed by atoms with Crippen molar-refractivity contribution in [1.29, 1.82) is 0 Å². The van der Waals surface area contributed by atoms with E-state index in [0.29, 0.717) is 11.7 Å². The van der Waals surface area contributed by atoms with Crippen LogP contribution in [0.2, 0.25) is 0 Å². The fourth-order valence-corrected chi connectivity index (χ4v) is 4.10. The normalized spacial score (nSPS) is 16.3. The molecule has 2 heterocycles. The molecular formula is C14H17N3O4S2. The van der Waals surface area contributed by atoms with Crippen molar-refractivity contribution in [3.8, 4) is 5.75 Å². The Bertz CT molecular complexity index is 841. The molecule has 1 saturated heterocycles. The summed E-state index contributed by atoms with van der Waals surface area (Å²) in [7, 11) is -3.21. The van der Waals surface area contributed by atoms with Crippen LogP contribution in [0, 0.1) is 5.92 Å². The first kappa shape index (κ1) is 16.2. The van der Waals surface area contributed by atoms with Gasteiger partial charge < -0.3 is 10.1 Å². The van der Waals surface area contributed by atoms with Gasteiger partial charge in [0, 0.05) is 13.1 Å². The molecule has 1 amide bonds. The summed E-state index contributed by atoms with van der Waals surface area (Å²) < 4.78 is 30.3. The van der Waals surface area contributed by atoms with E-state index in [1.807, 2.05) is 25.1 Å². The molecule has 9 heteroatoms. The van der Waals surface area contributed by atoms with Gasteiger partial charge in [-0.2, -0.15) is 0 Å². The minimum absolute atomic E-state index is 0.200. The second-order valence-electron chi connectivity index (χ2n) is 5.35. The highest BCUT2D eigenvalue weighted by molar-refractivity contribution is 7.88. The molecule has 23 heavy (non-hydrogen) atoms. The van der Waals surface area contributed by atoms with Crippen LogP contribution in [0.15, 0.2) is 18.2 Å². The number of benzene rings is 1. The molecule has 1 aliphatic rings. The molecule has 1 N–H and O–H groups in total. The number of amides is 1. The van der Waals surface area contributed by atoms with Crippen molar-refractivity contribution in [2.45, 2.75) is 6.92 Å². The predicted octanol–water partition coefficient (Wildman–Crippen LogP) is 1.52. The second kappa shape index (κ2) is 6.06. The molecule has 0 atom stereocenters. The van der Waals surface area contributed by atoms with Crippen molar-refractivity contribution >= 4 is 42.6 Å². The highest BCUT2D eigenvalue weighted by atomic mass is 32.2. The number of carbonyl (C=O) groups excluding carboxylic acids is 1. The Balaban J connectivity index is 1.66. The SMILES string of the molecule is CCOc1ccc2nc(NC(=O)C3CN(S(C)(=O)=O)C3)sc2c1. The fraction of sp³-hybridized carbons (Fsp3) is 0.429. The van der Waals surface area contributed by atoms with Crippen LogP contribution in [-0.4, -0.2) is 49.6 Å². The van der Waals surface area contributed by atoms with Crippen LogP contribution in [0.5, 0.6) is 5.75 Å². The lowest BCUT2D eigenvalue weighted by Gasteiger charge is -2.35.